The van der Waals surface area contributed by atoms with E-state index in [9.17, 15) is 15.0 Å². The smallest absolute Gasteiger partial charge is 0.242 e. The van der Waals surface area contributed by atoms with Gasteiger partial charge in [-0.25, -0.2) is 0 Å². The van der Waals surface area contributed by atoms with E-state index < -0.39 is 6.04 Å². The van der Waals surface area contributed by atoms with Crippen molar-refractivity contribution < 1.29 is 19.7 Å². The van der Waals surface area contributed by atoms with Crippen molar-refractivity contribution in [2.75, 3.05) is 85.3 Å². The normalized spacial score (nSPS) is 18.0. The Labute approximate surface area is 185 Å². The van der Waals surface area contributed by atoms with Crippen LogP contribution in [0.1, 0.15) is 5.56 Å². The molecule has 0 spiro atoms. The standard InChI is InChI=1S/C22H39N5O4/c28-16-14-27(15-17-29)22(30)21(19-31-18-20-4-2-1-3-5-20)26-12-10-24-8-6-23-7-9-25-11-13-26/h1-5,21,23-25,28-29H,6-19H2. The Morgan fingerprint density at radius 1 is 0.935 bits per heavy atom. The Balaban J connectivity index is 2.08. The van der Waals surface area contributed by atoms with Crippen LogP contribution in [-0.2, 0) is 16.1 Å². The van der Waals surface area contributed by atoms with Crippen molar-refractivity contribution in [3.8, 4) is 0 Å². The number of carbonyl (C=O) groups excluding carboxylic acids is 1. The van der Waals surface area contributed by atoms with Gasteiger partial charge in [0.1, 0.15) is 6.04 Å². The molecule has 1 atom stereocenters. The van der Waals surface area contributed by atoms with E-state index in [-0.39, 0.29) is 38.8 Å². The number of hydrogen-bond acceptors (Lipinski definition) is 8. The third-order valence-corrected chi connectivity index (χ3v) is 5.27. The zero-order valence-corrected chi connectivity index (χ0v) is 18.5. The lowest BCUT2D eigenvalue weighted by atomic mass is 10.2. The molecule has 9 nitrogen and oxygen atoms in total. The molecule has 1 amide bonds. The van der Waals surface area contributed by atoms with Crippen LogP contribution in [0.25, 0.3) is 0 Å². The monoisotopic (exact) mass is 437 g/mol. The molecular formula is C22H39N5O4. The van der Waals surface area contributed by atoms with Crippen LogP contribution in [0.15, 0.2) is 30.3 Å². The number of carbonyl (C=O) groups is 1. The maximum atomic E-state index is 13.4. The second-order valence-corrected chi connectivity index (χ2v) is 7.57. The lowest BCUT2D eigenvalue weighted by molar-refractivity contribution is -0.140. The van der Waals surface area contributed by atoms with Gasteiger partial charge in [0.15, 0.2) is 0 Å². The molecule has 31 heavy (non-hydrogen) atoms. The van der Waals surface area contributed by atoms with Gasteiger partial charge in [-0.3, -0.25) is 9.69 Å². The molecule has 1 unspecified atom stereocenters. The summed E-state index contributed by atoms with van der Waals surface area (Å²) in [6, 6.07) is 9.41. The third kappa shape index (κ3) is 10.0. The van der Waals surface area contributed by atoms with Gasteiger partial charge in [-0.1, -0.05) is 30.3 Å². The van der Waals surface area contributed by atoms with Gasteiger partial charge < -0.3 is 35.8 Å². The fraction of sp³-hybridized carbons (Fsp3) is 0.682. The highest BCUT2D eigenvalue weighted by molar-refractivity contribution is 5.82. The Bertz CT molecular complexity index is 575. The molecule has 0 aliphatic carbocycles. The number of ether oxygens (including phenoxy) is 1. The largest absolute Gasteiger partial charge is 0.395 e. The van der Waals surface area contributed by atoms with E-state index in [1.54, 1.807) is 0 Å². The number of hydrogen-bond donors (Lipinski definition) is 5. The molecule has 1 saturated heterocycles. The Hall–Kier alpha value is -1.59. The maximum Gasteiger partial charge on any atom is 0.242 e. The third-order valence-electron chi connectivity index (χ3n) is 5.27. The van der Waals surface area contributed by atoms with Crippen LogP contribution in [0.4, 0.5) is 0 Å². The molecule has 0 saturated carbocycles. The number of nitrogens with zero attached hydrogens (tertiary/aromatic N) is 2. The first kappa shape index (κ1) is 25.7. The van der Waals surface area contributed by atoms with E-state index in [4.69, 9.17) is 4.74 Å². The fourth-order valence-corrected chi connectivity index (χ4v) is 3.58. The topological polar surface area (TPSA) is 109 Å². The number of aliphatic hydroxyl groups excluding tert-OH is 2. The van der Waals surface area contributed by atoms with E-state index in [1.165, 1.54) is 4.90 Å². The van der Waals surface area contributed by atoms with E-state index in [0.717, 1.165) is 44.8 Å². The average Bonchev–Trinajstić information content (AvgIpc) is 2.78. The fourth-order valence-electron chi connectivity index (χ4n) is 3.58. The molecular weight excluding hydrogens is 398 g/mol. The number of benzene rings is 1. The van der Waals surface area contributed by atoms with Gasteiger partial charge in [0, 0.05) is 65.4 Å². The number of nitrogens with one attached hydrogen (secondary N) is 3. The van der Waals surface area contributed by atoms with Crippen molar-refractivity contribution in [2.45, 2.75) is 12.6 Å². The van der Waals surface area contributed by atoms with Crippen molar-refractivity contribution in [3.63, 3.8) is 0 Å². The molecule has 0 radical (unpaired) electrons. The van der Waals surface area contributed by atoms with Gasteiger partial charge >= 0.3 is 0 Å². The summed E-state index contributed by atoms with van der Waals surface area (Å²) >= 11 is 0. The SMILES string of the molecule is O=C(C(COCc1ccccc1)N1CCNCCNCCNCC1)N(CCO)CCO. The first-order valence-corrected chi connectivity index (χ1v) is 11.2. The average molecular weight is 438 g/mol. The highest BCUT2D eigenvalue weighted by atomic mass is 16.5. The lowest BCUT2D eigenvalue weighted by Gasteiger charge is -2.34. The van der Waals surface area contributed by atoms with Crippen molar-refractivity contribution in [3.05, 3.63) is 35.9 Å². The summed E-state index contributed by atoms with van der Waals surface area (Å²) in [5.74, 6) is -0.120. The molecule has 0 aromatic heterocycles. The van der Waals surface area contributed by atoms with Crippen molar-refractivity contribution in [2.24, 2.45) is 0 Å². The molecule has 2 rings (SSSR count). The molecule has 1 aliphatic heterocycles. The van der Waals surface area contributed by atoms with Gasteiger partial charge in [-0.15, -0.1) is 0 Å². The van der Waals surface area contributed by atoms with Crippen molar-refractivity contribution in [1.29, 1.82) is 0 Å². The number of amides is 1. The van der Waals surface area contributed by atoms with E-state index in [2.05, 4.69) is 20.9 Å². The van der Waals surface area contributed by atoms with Crippen LogP contribution < -0.4 is 16.0 Å². The molecule has 5 N–H and O–H groups in total. The quantitative estimate of drug-likeness (QED) is 0.300. The first-order chi connectivity index (χ1) is 15.3. The molecule has 0 bridgehead atoms. The molecule has 1 aromatic rings. The highest BCUT2D eigenvalue weighted by Gasteiger charge is 2.29. The van der Waals surface area contributed by atoms with Gasteiger partial charge in [-0.2, -0.15) is 0 Å². The summed E-state index contributed by atoms with van der Waals surface area (Å²) in [6.07, 6.45) is 0. The van der Waals surface area contributed by atoms with Crippen LogP contribution in [0.3, 0.4) is 0 Å². The zero-order chi connectivity index (χ0) is 22.2. The molecule has 1 heterocycles. The Kier molecular flexibility index (Phi) is 13.3. The van der Waals surface area contributed by atoms with Crippen LogP contribution in [0.5, 0.6) is 0 Å². The second-order valence-electron chi connectivity index (χ2n) is 7.57. The van der Waals surface area contributed by atoms with E-state index in [1.807, 2.05) is 30.3 Å². The molecule has 1 fully saturated rings. The summed E-state index contributed by atoms with van der Waals surface area (Å²) in [6.45, 7) is 7.32. The van der Waals surface area contributed by atoms with Crippen LogP contribution >= 0.6 is 0 Å². The summed E-state index contributed by atoms with van der Waals surface area (Å²) in [5.41, 5.74) is 1.06. The second kappa shape index (κ2) is 16.1. The minimum atomic E-state index is -0.480. The van der Waals surface area contributed by atoms with Crippen molar-refractivity contribution in [1.82, 2.24) is 25.8 Å². The molecule has 176 valence electrons. The maximum absolute atomic E-state index is 13.4. The minimum Gasteiger partial charge on any atom is -0.395 e. The number of aliphatic hydroxyl groups is 2. The van der Waals surface area contributed by atoms with Crippen LogP contribution in [0, 0.1) is 0 Å². The summed E-state index contributed by atoms with van der Waals surface area (Å²) in [7, 11) is 0. The summed E-state index contributed by atoms with van der Waals surface area (Å²) in [5, 5.41) is 29.0. The molecule has 1 aliphatic rings. The number of rotatable bonds is 10. The lowest BCUT2D eigenvalue weighted by Crippen LogP contribution is -2.55. The molecule has 1 aromatic carbocycles. The van der Waals surface area contributed by atoms with Crippen LogP contribution in [-0.4, -0.2) is 117 Å². The van der Waals surface area contributed by atoms with Crippen LogP contribution in [0.2, 0.25) is 0 Å². The Morgan fingerprint density at radius 2 is 1.48 bits per heavy atom. The van der Waals surface area contributed by atoms with E-state index in [0.29, 0.717) is 19.7 Å². The predicted molar refractivity (Wildman–Crippen MR) is 121 cm³/mol. The first-order valence-electron chi connectivity index (χ1n) is 11.2. The summed E-state index contributed by atoms with van der Waals surface area (Å²) in [4.78, 5) is 17.0. The summed E-state index contributed by atoms with van der Waals surface area (Å²) < 4.78 is 5.97. The van der Waals surface area contributed by atoms with Gasteiger partial charge in [-0.05, 0) is 5.56 Å². The zero-order valence-electron chi connectivity index (χ0n) is 18.5. The van der Waals surface area contributed by atoms with Gasteiger partial charge in [0.2, 0.25) is 5.91 Å². The Morgan fingerprint density at radius 3 is 2.03 bits per heavy atom. The minimum absolute atomic E-state index is 0.120. The predicted octanol–water partition coefficient (Wildman–Crippen LogP) is -1.53. The van der Waals surface area contributed by atoms with Gasteiger partial charge in [0.25, 0.3) is 0 Å². The van der Waals surface area contributed by atoms with E-state index >= 15 is 0 Å². The molecule has 9 heteroatoms. The van der Waals surface area contributed by atoms with Gasteiger partial charge in [0.05, 0.1) is 26.4 Å². The highest BCUT2D eigenvalue weighted by Crippen LogP contribution is 2.09. The van der Waals surface area contributed by atoms with Crippen molar-refractivity contribution >= 4 is 5.91 Å².